The molecule has 112 valence electrons. The highest BCUT2D eigenvalue weighted by molar-refractivity contribution is 5.87. The zero-order valence-corrected chi connectivity index (χ0v) is 12.1. The van der Waals surface area contributed by atoms with Crippen LogP contribution < -0.4 is 10.6 Å². The van der Waals surface area contributed by atoms with Crippen molar-refractivity contribution in [2.75, 3.05) is 25.0 Å². The van der Waals surface area contributed by atoms with Gasteiger partial charge in [-0.25, -0.2) is 0 Å². The van der Waals surface area contributed by atoms with E-state index in [9.17, 15) is 9.59 Å². The molecule has 1 unspecified atom stereocenters. The Hall–Kier alpha value is -2.04. The molecule has 1 aromatic carbocycles. The number of anilines is 1. The van der Waals surface area contributed by atoms with Gasteiger partial charge in [0.25, 0.3) is 0 Å². The van der Waals surface area contributed by atoms with Crippen LogP contribution in [0.2, 0.25) is 0 Å². The molecule has 1 saturated heterocycles. The Morgan fingerprint density at radius 3 is 2.76 bits per heavy atom. The summed E-state index contributed by atoms with van der Waals surface area (Å²) in [5.41, 5.74) is 2.21. The van der Waals surface area contributed by atoms with E-state index in [1.807, 2.05) is 29.2 Å². The number of amides is 2. The zero-order valence-electron chi connectivity index (χ0n) is 12.1. The largest absolute Gasteiger partial charge is 0.373 e. The van der Waals surface area contributed by atoms with Gasteiger partial charge in [-0.1, -0.05) is 18.2 Å². The molecule has 2 aliphatic rings. The van der Waals surface area contributed by atoms with Crippen molar-refractivity contribution in [3.05, 3.63) is 29.8 Å². The van der Waals surface area contributed by atoms with Crippen LogP contribution in [0.4, 0.5) is 5.69 Å². The minimum Gasteiger partial charge on any atom is -0.373 e. The van der Waals surface area contributed by atoms with Crippen molar-refractivity contribution in [1.29, 1.82) is 0 Å². The maximum Gasteiger partial charge on any atom is 0.242 e. The number of nitrogens with zero attached hydrogens (tertiary/aromatic N) is 1. The molecule has 1 aromatic rings. The van der Waals surface area contributed by atoms with Crippen LogP contribution in [0.25, 0.3) is 0 Å². The Kier molecular flexibility index (Phi) is 4.08. The van der Waals surface area contributed by atoms with Crippen molar-refractivity contribution in [2.45, 2.75) is 31.7 Å². The van der Waals surface area contributed by atoms with E-state index < -0.39 is 0 Å². The third-order valence-electron chi connectivity index (χ3n) is 4.18. The molecule has 2 amide bonds. The molecule has 0 radical (unpaired) electrons. The summed E-state index contributed by atoms with van der Waals surface area (Å²) in [5.74, 6) is 0.121. The summed E-state index contributed by atoms with van der Waals surface area (Å²) >= 11 is 0. The molecule has 1 atom stereocenters. The number of rotatable bonds is 4. The lowest BCUT2D eigenvalue weighted by Gasteiger charge is -2.16. The summed E-state index contributed by atoms with van der Waals surface area (Å²) in [6.07, 6.45) is 3.30. The smallest absolute Gasteiger partial charge is 0.242 e. The average Bonchev–Trinajstić information content (AvgIpc) is 3.16. The molecule has 5 nitrogen and oxygen atoms in total. The first-order chi connectivity index (χ1) is 10.2. The average molecular weight is 287 g/mol. The van der Waals surface area contributed by atoms with Crippen molar-refractivity contribution in [2.24, 2.45) is 0 Å². The molecule has 2 N–H and O–H groups in total. The lowest BCUT2D eigenvalue weighted by atomic mass is 10.1. The SMILES string of the molecule is O=C(NCCC(=O)N1CCCC1)C1Cc2ccccc2N1. The van der Waals surface area contributed by atoms with Gasteiger partial charge in [-0.2, -0.15) is 0 Å². The normalized spacial score (nSPS) is 20.0. The summed E-state index contributed by atoms with van der Waals surface area (Å²) in [4.78, 5) is 25.9. The quantitative estimate of drug-likeness (QED) is 0.873. The van der Waals surface area contributed by atoms with E-state index in [2.05, 4.69) is 10.6 Å². The molecule has 3 rings (SSSR count). The van der Waals surface area contributed by atoms with Crippen LogP contribution in [0.1, 0.15) is 24.8 Å². The van der Waals surface area contributed by atoms with Crippen LogP contribution in [0, 0.1) is 0 Å². The molecule has 0 aromatic heterocycles. The Morgan fingerprint density at radius 2 is 2.00 bits per heavy atom. The van der Waals surface area contributed by atoms with Crippen LogP contribution in [-0.4, -0.2) is 42.4 Å². The highest BCUT2D eigenvalue weighted by Gasteiger charge is 2.26. The second-order valence-electron chi connectivity index (χ2n) is 5.69. The highest BCUT2D eigenvalue weighted by atomic mass is 16.2. The van der Waals surface area contributed by atoms with Gasteiger partial charge in [-0.05, 0) is 24.5 Å². The van der Waals surface area contributed by atoms with E-state index in [1.54, 1.807) is 0 Å². The summed E-state index contributed by atoms with van der Waals surface area (Å²) in [6.45, 7) is 2.15. The number of carbonyl (C=O) groups excluding carboxylic acids is 2. The first-order valence-electron chi connectivity index (χ1n) is 7.64. The minimum absolute atomic E-state index is 0.0274. The van der Waals surface area contributed by atoms with Gasteiger partial charge in [0, 0.05) is 38.2 Å². The molecule has 0 saturated carbocycles. The molecule has 1 fully saturated rings. The number of para-hydroxylation sites is 1. The Bertz CT molecular complexity index is 513. The van der Waals surface area contributed by atoms with Crippen molar-refractivity contribution in [1.82, 2.24) is 10.2 Å². The molecule has 2 heterocycles. The number of benzene rings is 1. The third-order valence-corrected chi connectivity index (χ3v) is 4.18. The van der Waals surface area contributed by atoms with Gasteiger partial charge in [0.1, 0.15) is 6.04 Å². The number of hydrogen-bond donors (Lipinski definition) is 2. The summed E-state index contributed by atoms with van der Waals surface area (Å²) in [5, 5.41) is 6.08. The van der Waals surface area contributed by atoms with Crippen LogP contribution in [0.3, 0.4) is 0 Å². The lowest BCUT2D eigenvalue weighted by Crippen LogP contribution is -2.40. The number of fused-ring (bicyclic) bond motifs is 1. The van der Waals surface area contributed by atoms with Crippen LogP contribution in [0.5, 0.6) is 0 Å². The summed E-state index contributed by atoms with van der Waals surface area (Å²) < 4.78 is 0. The molecule has 21 heavy (non-hydrogen) atoms. The predicted octanol–water partition coefficient (Wildman–Crippen LogP) is 1.15. The standard InChI is InChI=1S/C16H21N3O2/c20-15(19-9-3-4-10-19)7-8-17-16(21)14-11-12-5-1-2-6-13(12)18-14/h1-2,5-6,14,18H,3-4,7-11H2,(H,17,21). The van der Waals surface area contributed by atoms with Gasteiger partial charge in [-0.15, -0.1) is 0 Å². The van der Waals surface area contributed by atoms with Crippen molar-refractivity contribution in [3.63, 3.8) is 0 Å². The Balaban J connectivity index is 1.42. The molecular weight excluding hydrogens is 266 g/mol. The first-order valence-corrected chi connectivity index (χ1v) is 7.64. The fraction of sp³-hybridized carbons (Fsp3) is 0.500. The van der Waals surface area contributed by atoms with Crippen molar-refractivity contribution in [3.8, 4) is 0 Å². The first kappa shape index (κ1) is 13.9. The van der Waals surface area contributed by atoms with E-state index in [4.69, 9.17) is 0 Å². The monoisotopic (exact) mass is 287 g/mol. The van der Waals surface area contributed by atoms with E-state index in [0.29, 0.717) is 19.4 Å². The summed E-state index contributed by atoms with van der Waals surface area (Å²) in [7, 11) is 0. The maximum absolute atomic E-state index is 12.1. The fourth-order valence-corrected chi connectivity index (χ4v) is 3.00. The number of hydrogen-bond acceptors (Lipinski definition) is 3. The van der Waals surface area contributed by atoms with Gasteiger partial charge >= 0.3 is 0 Å². The Labute approximate surface area is 124 Å². The van der Waals surface area contributed by atoms with Crippen molar-refractivity contribution < 1.29 is 9.59 Å². The summed E-state index contributed by atoms with van der Waals surface area (Å²) in [6, 6.07) is 7.74. The van der Waals surface area contributed by atoms with E-state index in [0.717, 1.165) is 31.6 Å². The van der Waals surface area contributed by atoms with Crippen LogP contribution in [0.15, 0.2) is 24.3 Å². The van der Waals surface area contributed by atoms with E-state index in [1.165, 1.54) is 5.56 Å². The molecule has 0 aliphatic carbocycles. The van der Waals surface area contributed by atoms with Crippen molar-refractivity contribution >= 4 is 17.5 Å². The predicted molar refractivity (Wildman–Crippen MR) is 81.0 cm³/mol. The van der Waals surface area contributed by atoms with Gasteiger partial charge in [0.05, 0.1) is 0 Å². The van der Waals surface area contributed by atoms with E-state index >= 15 is 0 Å². The van der Waals surface area contributed by atoms with Gasteiger partial charge in [0.15, 0.2) is 0 Å². The van der Waals surface area contributed by atoms with Crippen LogP contribution >= 0.6 is 0 Å². The second kappa shape index (κ2) is 6.16. The third kappa shape index (κ3) is 3.17. The minimum atomic E-state index is -0.218. The van der Waals surface area contributed by atoms with Gasteiger partial charge in [0.2, 0.25) is 11.8 Å². The van der Waals surface area contributed by atoms with Crippen LogP contribution in [-0.2, 0) is 16.0 Å². The molecule has 5 heteroatoms. The van der Waals surface area contributed by atoms with E-state index in [-0.39, 0.29) is 17.9 Å². The second-order valence-corrected chi connectivity index (χ2v) is 5.69. The number of likely N-dealkylation sites (tertiary alicyclic amines) is 1. The zero-order chi connectivity index (χ0) is 14.7. The highest BCUT2D eigenvalue weighted by Crippen LogP contribution is 2.24. The molecular formula is C16H21N3O2. The topological polar surface area (TPSA) is 61.4 Å². The molecule has 2 aliphatic heterocycles. The fourth-order valence-electron chi connectivity index (χ4n) is 3.00. The molecule has 0 bridgehead atoms. The Morgan fingerprint density at radius 1 is 1.24 bits per heavy atom. The molecule has 0 spiro atoms. The number of nitrogens with one attached hydrogen (secondary N) is 2. The maximum atomic E-state index is 12.1. The van der Waals surface area contributed by atoms with Gasteiger partial charge < -0.3 is 15.5 Å². The van der Waals surface area contributed by atoms with Gasteiger partial charge in [-0.3, -0.25) is 9.59 Å². The lowest BCUT2D eigenvalue weighted by molar-refractivity contribution is -0.130. The number of carbonyl (C=O) groups is 2.